The molecule has 158 valence electrons. The molecular formula is C22H31N3O4. The molecule has 1 aromatic rings. The Morgan fingerprint density at radius 3 is 2.72 bits per heavy atom. The third-order valence-electron chi connectivity index (χ3n) is 6.81. The van der Waals surface area contributed by atoms with E-state index in [1.165, 1.54) is 5.56 Å². The first-order chi connectivity index (χ1) is 14.2. The smallest absolute Gasteiger partial charge is 0.226 e. The van der Waals surface area contributed by atoms with Crippen LogP contribution in [0.4, 0.5) is 0 Å². The van der Waals surface area contributed by atoms with Crippen molar-refractivity contribution in [2.45, 2.75) is 37.6 Å². The van der Waals surface area contributed by atoms with E-state index >= 15 is 0 Å². The zero-order valence-corrected chi connectivity index (χ0v) is 17.1. The van der Waals surface area contributed by atoms with Crippen LogP contribution in [-0.4, -0.2) is 91.5 Å². The van der Waals surface area contributed by atoms with Gasteiger partial charge in [0, 0.05) is 52.1 Å². The fourth-order valence-electron chi connectivity index (χ4n) is 5.27. The van der Waals surface area contributed by atoms with Crippen LogP contribution in [0.15, 0.2) is 24.3 Å². The highest BCUT2D eigenvalue weighted by Crippen LogP contribution is 2.45. The first-order valence-corrected chi connectivity index (χ1v) is 10.9. The van der Waals surface area contributed by atoms with Crippen LogP contribution in [0.1, 0.15) is 24.8 Å². The zero-order chi connectivity index (χ0) is 19.7. The van der Waals surface area contributed by atoms with E-state index in [1.54, 1.807) is 0 Å². The lowest BCUT2D eigenvalue weighted by molar-refractivity contribution is -0.180. The van der Waals surface area contributed by atoms with Crippen molar-refractivity contribution in [3.63, 3.8) is 0 Å². The fourth-order valence-corrected chi connectivity index (χ4v) is 5.27. The van der Waals surface area contributed by atoms with Gasteiger partial charge in [0.15, 0.2) is 5.72 Å². The lowest BCUT2D eigenvalue weighted by Crippen LogP contribution is -2.56. The van der Waals surface area contributed by atoms with E-state index in [2.05, 4.69) is 34.1 Å². The summed E-state index contributed by atoms with van der Waals surface area (Å²) in [4.78, 5) is 19.3. The van der Waals surface area contributed by atoms with Gasteiger partial charge in [0.2, 0.25) is 5.91 Å². The Bertz CT molecular complexity index is 721. The van der Waals surface area contributed by atoms with E-state index in [1.807, 2.05) is 4.90 Å². The molecule has 0 bridgehead atoms. The predicted octanol–water partition coefficient (Wildman–Crippen LogP) is 1.32. The molecule has 7 heteroatoms. The van der Waals surface area contributed by atoms with Crippen molar-refractivity contribution >= 4 is 5.91 Å². The Morgan fingerprint density at radius 1 is 1.07 bits per heavy atom. The predicted molar refractivity (Wildman–Crippen MR) is 108 cm³/mol. The molecule has 7 nitrogen and oxygen atoms in total. The summed E-state index contributed by atoms with van der Waals surface area (Å²) < 4.78 is 17.5. The Morgan fingerprint density at radius 2 is 1.90 bits per heavy atom. The van der Waals surface area contributed by atoms with Crippen molar-refractivity contribution in [1.82, 2.24) is 14.7 Å². The highest BCUT2D eigenvalue weighted by Gasteiger charge is 2.60. The summed E-state index contributed by atoms with van der Waals surface area (Å²) in [5, 5.41) is 0. The van der Waals surface area contributed by atoms with Crippen LogP contribution in [0.3, 0.4) is 0 Å². The van der Waals surface area contributed by atoms with E-state index < -0.39 is 0 Å². The highest BCUT2D eigenvalue weighted by atomic mass is 16.5. The second-order valence-electron chi connectivity index (χ2n) is 8.48. The molecule has 4 heterocycles. The summed E-state index contributed by atoms with van der Waals surface area (Å²) in [5.41, 5.74) is 0.891. The van der Waals surface area contributed by atoms with Gasteiger partial charge in [-0.3, -0.25) is 14.6 Å². The molecule has 4 aliphatic rings. The molecule has 5 rings (SSSR count). The number of nitrogens with zero attached hydrogens (tertiary/aromatic N) is 3. The molecule has 0 aromatic heterocycles. The first kappa shape index (κ1) is 19.3. The fraction of sp³-hybridized carbons (Fsp3) is 0.682. The van der Waals surface area contributed by atoms with Gasteiger partial charge in [0.25, 0.3) is 0 Å². The summed E-state index contributed by atoms with van der Waals surface area (Å²) in [6, 6.07) is 8.59. The van der Waals surface area contributed by atoms with Gasteiger partial charge in [0.05, 0.1) is 25.9 Å². The third-order valence-corrected chi connectivity index (χ3v) is 6.81. The van der Waals surface area contributed by atoms with Crippen LogP contribution >= 0.6 is 0 Å². The SMILES string of the molecule is O=C1C[C@H]2N(Cc3ccc(OCCN4CCOCC4)cc3)CC[C@]23OCCCN13. The third kappa shape index (κ3) is 3.77. The van der Waals surface area contributed by atoms with E-state index in [-0.39, 0.29) is 17.7 Å². The monoisotopic (exact) mass is 401 g/mol. The molecule has 29 heavy (non-hydrogen) atoms. The van der Waals surface area contributed by atoms with Crippen molar-refractivity contribution in [2.75, 3.05) is 59.2 Å². The zero-order valence-electron chi connectivity index (χ0n) is 17.1. The molecule has 1 aromatic carbocycles. The molecule has 4 aliphatic heterocycles. The minimum atomic E-state index is -0.363. The summed E-state index contributed by atoms with van der Waals surface area (Å²) in [6.45, 7) is 8.71. The van der Waals surface area contributed by atoms with Crippen LogP contribution in [-0.2, 0) is 20.8 Å². The van der Waals surface area contributed by atoms with Gasteiger partial charge in [-0.15, -0.1) is 0 Å². The molecular weight excluding hydrogens is 370 g/mol. The second-order valence-corrected chi connectivity index (χ2v) is 8.48. The van der Waals surface area contributed by atoms with Gasteiger partial charge in [-0.05, 0) is 24.1 Å². The van der Waals surface area contributed by atoms with Gasteiger partial charge in [-0.2, -0.15) is 0 Å². The number of carbonyl (C=O) groups is 1. The quantitative estimate of drug-likeness (QED) is 0.717. The van der Waals surface area contributed by atoms with Crippen molar-refractivity contribution in [3.05, 3.63) is 29.8 Å². The molecule has 0 aliphatic carbocycles. The Labute approximate surface area is 172 Å². The number of rotatable bonds is 6. The van der Waals surface area contributed by atoms with Crippen molar-refractivity contribution in [3.8, 4) is 5.75 Å². The highest BCUT2D eigenvalue weighted by molar-refractivity contribution is 5.81. The maximum absolute atomic E-state index is 12.5. The maximum Gasteiger partial charge on any atom is 0.226 e. The van der Waals surface area contributed by atoms with Gasteiger partial charge >= 0.3 is 0 Å². The van der Waals surface area contributed by atoms with E-state index in [0.717, 1.165) is 77.7 Å². The summed E-state index contributed by atoms with van der Waals surface area (Å²) in [5.74, 6) is 1.17. The van der Waals surface area contributed by atoms with Crippen LogP contribution < -0.4 is 4.74 Å². The second kappa shape index (κ2) is 8.22. The summed E-state index contributed by atoms with van der Waals surface area (Å²) in [6.07, 6.45) is 2.46. The Balaban J connectivity index is 1.15. The molecule has 4 fully saturated rings. The number of hydrogen-bond acceptors (Lipinski definition) is 6. The topological polar surface area (TPSA) is 54.5 Å². The van der Waals surface area contributed by atoms with Gasteiger partial charge in [-0.25, -0.2) is 0 Å². The molecule has 0 unspecified atom stereocenters. The number of ether oxygens (including phenoxy) is 3. The van der Waals surface area contributed by atoms with Gasteiger partial charge in [-0.1, -0.05) is 12.1 Å². The van der Waals surface area contributed by atoms with Crippen LogP contribution in [0.5, 0.6) is 5.75 Å². The number of carbonyl (C=O) groups excluding carboxylic acids is 1. The lowest BCUT2D eigenvalue weighted by Gasteiger charge is -2.42. The average Bonchev–Trinajstić information content (AvgIpc) is 3.23. The standard InChI is InChI=1S/C22H31N3O4/c26-21-16-20-22(25(21)7-1-12-29-22)6-8-24(20)17-18-2-4-19(5-3-18)28-15-11-23-9-13-27-14-10-23/h2-5,20H,1,6-17H2/t20-,22+/m1/s1. The lowest BCUT2D eigenvalue weighted by atomic mass is 10.0. The number of likely N-dealkylation sites (tertiary alicyclic amines) is 1. The van der Waals surface area contributed by atoms with Crippen LogP contribution in [0, 0.1) is 0 Å². The number of amides is 1. The normalized spacial score (nSPS) is 30.4. The Hall–Kier alpha value is -1.67. The summed E-state index contributed by atoms with van der Waals surface area (Å²) >= 11 is 0. The molecule has 0 radical (unpaired) electrons. The van der Waals surface area contributed by atoms with E-state index in [0.29, 0.717) is 13.0 Å². The minimum Gasteiger partial charge on any atom is -0.492 e. The molecule has 2 atom stereocenters. The molecule has 0 saturated carbocycles. The number of morpholine rings is 1. The Kier molecular flexibility index (Phi) is 5.47. The summed E-state index contributed by atoms with van der Waals surface area (Å²) in [7, 11) is 0. The van der Waals surface area contributed by atoms with Gasteiger partial charge < -0.3 is 19.1 Å². The minimum absolute atomic E-state index is 0.180. The molecule has 0 N–H and O–H groups in total. The largest absolute Gasteiger partial charge is 0.492 e. The van der Waals surface area contributed by atoms with Crippen LogP contribution in [0.25, 0.3) is 0 Å². The van der Waals surface area contributed by atoms with Crippen LogP contribution in [0.2, 0.25) is 0 Å². The van der Waals surface area contributed by atoms with Crippen molar-refractivity contribution in [2.24, 2.45) is 0 Å². The molecule has 4 saturated heterocycles. The molecule has 1 amide bonds. The maximum atomic E-state index is 12.5. The number of hydrogen-bond donors (Lipinski definition) is 0. The number of benzene rings is 1. The van der Waals surface area contributed by atoms with E-state index in [4.69, 9.17) is 14.2 Å². The molecule has 1 spiro atoms. The van der Waals surface area contributed by atoms with E-state index in [9.17, 15) is 4.79 Å². The van der Waals surface area contributed by atoms with Gasteiger partial charge in [0.1, 0.15) is 12.4 Å². The van der Waals surface area contributed by atoms with Crippen molar-refractivity contribution in [1.29, 1.82) is 0 Å². The first-order valence-electron chi connectivity index (χ1n) is 10.9. The average molecular weight is 402 g/mol. The van der Waals surface area contributed by atoms with Crippen molar-refractivity contribution < 1.29 is 19.0 Å².